The number of hydrogen-bond donors (Lipinski definition) is 3. The molecule has 3 N–H and O–H groups in total. The van der Waals surface area contributed by atoms with Gasteiger partial charge >= 0.3 is 6.03 Å². The van der Waals surface area contributed by atoms with Crippen molar-refractivity contribution < 1.29 is 14.0 Å². The molecule has 1 aliphatic heterocycles. The third-order valence-corrected chi connectivity index (χ3v) is 11.0. The fraction of sp³-hybridized carbons (Fsp3) is 0.522. The molecule has 1 fully saturated rings. The number of benzene rings is 1. The van der Waals surface area contributed by atoms with Crippen LogP contribution in [0, 0.1) is 12.7 Å². The molecule has 0 bridgehead atoms. The minimum atomic E-state index is -1.72. The predicted molar refractivity (Wildman–Crippen MR) is 126 cm³/mol. The Balaban J connectivity index is 1.55. The summed E-state index contributed by atoms with van der Waals surface area (Å²) >= 11 is 0. The first-order valence-corrected chi connectivity index (χ1v) is 14.6. The molecule has 1 aromatic carbocycles. The van der Waals surface area contributed by atoms with E-state index in [9.17, 15) is 14.0 Å². The Hall–Kier alpha value is -2.68. The van der Waals surface area contributed by atoms with Crippen molar-refractivity contribution in [2.45, 2.75) is 76.8 Å². The van der Waals surface area contributed by atoms with E-state index in [2.05, 4.69) is 40.5 Å². The second-order valence-electron chi connectivity index (χ2n) is 10.6. The van der Waals surface area contributed by atoms with Crippen LogP contribution in [0.2, 0.25) is 24.7 Å². The van der Waals surface area contributed by atoms with Crippen molar-refractivity contribution in [2.24, 2.45) is 0 Å². The fourth-order valence-corrected chi connectivity index (χ4v) is 7.53. The third-order valence-electron chi connectivity index (χ3n) is 7.39. The van der Waals surface area contributed by atoms with E-state index >= 15 is 0 Å². The zero-order chi connectivity index (χ0) is 23.5. The van der Waals surface area contributed by atoms with E-state index in [0.717, 1.165) is 36.1 Å². The second kappa shape index (κ2) is 7.43. The topological polar surface area (TPSA) is 90.1 Å². The van der Waals surface area contributed by atoms with Gasteiger partial charge in [-0.15, -0.1) is 0 Å². The van der Waals surface area contributed by atoms with Crippen molar-refractivity contribution in [3.05, 3.63) is 40.8 Å². The van der Waals surface area contributed by atoms with Gasteiger partial charge in [-0.05, 0) is 51.3 Å². The number of anilines is 2. The van der Waals surface area contributed by atoms with E-state index in [0.29, 0.717) is 5.82 Å². The van der Waals surface area contributed by atoms with Gasteiger partial charge < -0.3 is 15.5 Å². The number of nitrogens with zero attached hydrogens (tertiary/aromatic N) is 2. The summed E-state index contributed by atoms with van der Waals surface area (Å²) in [5, 5.41) is 12.9. The second-order valence-corrected chi connectivity index (χ2v) is 16.1. The number of carbonyl (C=O) groups is 2. The molecule has 0 radical (unpaired) electrons. The van der Waals surface area contributed by atoms with Gasteiger partial charge in [0.05, 0.1) is 31.5 Å². The Kier molecular flexibility index (Phi) is 5.23. The van der Waals surface area contributed by atoms with Crippen molar-refractivity contribution in [1.29, 1.82) is 0 Å². The third kappa shape index (κ3) is 3.43. The Morgan fingerprint density at radius 3 is 2.47 bits per heavy atom. The molecule has 9 heteroatoms. The van der Waals surface area contributed by atoms with E-state index < -0.39 is 25.5 Å². The lowest BCUT2D eigenvalue weighted by Crippen LogP contribution is -2.52. The molecular weight excluding hydrogens is 425 g/mol. The number of rotatable bonds is 4. The van der Waals surface area contributed by atoms with Crippen molar-refractivity contribution in [2.75, 3.05) is 10.6 Å². The van der Waals surface area contributed by atoms with Gasteiger partial charge in [0.2, 0.25) is 5.91 Å². The van der Waals surface area contributed by atoms with E-state index in [1.54, 1.807) is 17.0 Å². The maximum atomic E-state index is 14.2. The van der Waals surface area contributed by atoms with Crippen LogP contribution in [-0.4, -0.2) is 35.1 Å². The highest BCUT2D eigenvalue weighted by molar-refractivity contribution is 6.83. The zero-order valence-corrected chi connectivity index (χ0v) is 20.6. The number of H-pyrrole nitrogens is 1. The summed E-state index contributed by atoms with van der Waals surface area (Å²) in [7, 11) is -1.72. The molecule has 2 aromatic rings. The van der Waals surface area contributed by atoms with Crippen molar-refractivity contribution in [3.63, 3.8) is 0 Å². The number of fused-ring (bicyclic) bond motifs is 1. The lowest BCUT2D eigenvalue weighted by atomic mass is 9.83. The molecule has 1 aliphatic carbocycles. The summed E-state index contributed by atoms with van der Waals surface area (Å²) in [4.78, 5) is 28.0. The Bertz CT molecular complexity index is 1080. The minimum Gasteiger partial charge on any atom is -0.309 e. The summed E-state index contributed by atoms with van der Waals surface area (Å²) < 4.78 is 14.2. The standard InChI is InChI=1S/C23H32FN5O2Si/c1-14-8-9-16(24)17(12-14)25-21(31)29-13-15-18(22(29,2)3)27-28-19(15)26-20(30)23(10-7-11-23)32(4,5)6/h8-9,12H,7,10-11,13H2,1-6H3,(H,25,31)(H2,26,27,28,30). The van der Waals surface area contributed by atoms with Crippen LogP contribution in [0.5, 0.6) is 0 Å². The Morgan fingerprint density at radius 1 is 1.19 bits per heavy atom. The molecule has 0 atom stereocenters. The number of aromatic nitrogens is 2. The van der Waals surface area contributed by atoms with Gasteiger partial charge in [0.1, 0.15) is 5.82 Å². The maximum Gasteiger partial charge on any atom is 0.323 e. The molecular formula is C23H32FN5O2Si. The van der Waals surface area contributed by atoms with Crippen LogP contribution in [0.15, 0.2) is 18.2 Å². The Morgan fingerprint density at radius 2 is 1.88 bits per heavy atom. The number of hydrogen-bond acceptors (Lipinski definition) is 3. The average Bonchev–Trinajstić information content (AvgIpc) is 3.14. The quantitative estimate of drug-likeness (QED) is 0.541. The van der Waals surface area contributed by atoms with Crippen LogP contribution in [0.1, 0.15) is 49.9 Å². The predicted octanol–water partition coefficient (Wildman–Crippen LogP) is 5.34. The molecule has 172 valence electrons. The van der Waals surface area contributed by atoms with Gasteiger partial charge in [0, 0.05) is 10.6 Å². The normalized spacial score (nSPS) is 18.7. The largest absolute Gasteiger partial charge is 0.323 e. The molecule has 0 saturated heterocycles. The average molecular weight is 458 g/mol. The number of urea groups is 1. The van der Waals surface area contributed by atoms with E-state index in [1.165, 1.54) is 6.07 Å². The summed E-state index contributed by atoms with van der Waals surface area (Å²) in [6, 6.07) is 4.21. The summed E-state index contributed by atoms with van der Waals surface area (Å²) in [6.45, 7) is 12.6. The highest BCUT2D eigenvalue weighted by Crippen LogP contribution is 2.56. The molecule has 0 spiro atoms. The highest BCUT2D eigenvalue weighted by atomic mass is 28.3. The first-order valence-electron chi connectivity index (χ1n) is 11.1. The van der Waals surface area contributed by atoms with Crippen LogP contribution in [-0.2, 0) is 16.9 Å². The van der Waals surface area contributed by atoms with Crippen LogP contribution in [0.4, 0.5) is 20.7 Å². The summed E-state index contributed by atoms with van der Waals surface area (Å²) in [5.41, 5.74) is 1.89. The van der Waals surface area contributed by atoms with Crippen LogP contribution >= 0.6 is 0 Å². The maximum absolute atomic E-state index is 14.2. The van der Waals surface area contributed by atoms with Gasteiger partial charge in [0.25, 0.3) is 0 Å². The van der Waals surface area contributed by atoms with Gasteiger partial charge in [-0.25, -0.2) is 9.18 Å². The van der Waals surface area contributed by atoms with Crippen LogP contribution in [0.25, 0.3) is 0 Å². The molecule has 4 rings (SSSR count). The number of aromatic amines is 1. The van der Waals surface area contributed by atoms with Gasteiger partial charge in [0.15, 0.2) is 5.82 Å². The molecule has 3 amide bonds. The first kappa shape index (κ1) is 22.5. The number of aryl methyl sites for hydroxylation is 1. The first-order chi connectivity index (χ1) is 14.9. The molecule has 0 unspecified atom stereocenters. The SMILES string of the molecule is Cc1ccc(F)c(NC(=O)N2Cc3c(NC(=O)C4([Si](C)(C)C)CCC4)n[nH]c3C2(C)C)c1. The number of carbonyl (C=O) groups excluding carboxylic acids is 2. The summed E-state index contributed by atoms with van der Waals surface area (Å²) in [5.74, 6) is 0.0469. The van der Waals surface area contributed by atoms with Crippen molar-refractivity contribution in [3.8, 4) is 0 Å². The molecule has 32 heavy (non-hydrogen) atoms. The van der Waals surface area contributed by atoms with Crippen LogP contribution < -0.4 is 10.6 Å². The Labute approximate surface area is 189 Å². The zero-order valence-electron chi connectivity index (χ0n) is 19.6. The molecule has 1 aromatic heterocycles. The highest BCUT2D eigenvalue weighted by Gasteiger charge is 2.54. The van der Waals surface area contributed by atoms with E-state index in [4.69, 9.17) is 0 Å². The van der Waals surface area contributed by atoms with E-state index in [1.807, 2.05) is 20.8 Å². The van der Waals surface area contributed by atoms with Crippen molar-refractivity contribution >= 4 is 31.5 Å². The number of halogens is 1. The van der Waals surface area contributed by atoms with Gasteiger partial charge in [-0.1, -0.05) is 32.1 Å². The molecule has 2 aliphatic rings. The molecule has 1 saturated carbocycles. The molecule has 2 heterocycles. The molecule has 7 nitrogen and oxygen atoms in total. The number of nitrogens with one attached hydrogen (secondary N) is 3. The van der Waals surface area contributed by atoms with Crippen molar-refractivity contribution in [1.82, 2.24) is 15.1 Å². The van der Waals surface area contributed by atoms with Gasteiger partial charge in [-0.2, -0.15) is 5.10 Å². The summed E-state index contributed by atoms with van der Waals surface area (Å²) in [6.07, 6.45) is 2.92. The van der Waals surface area contributed by atoms with Gasteiger partial charge in [-0.3, -0.25) is 9.89 Å². The van der Waals surface area contributed by atoms with Crippen LogP contribution in [0.3, 0.4) is 0 Å². The smallest absolute Gasteiger partial charge is 0.309 e. The lowest BCUT2D eigenvalue weighted by molar-refractivity contribution is -0.121. The number of amides is 3. The van der Waals surface area contributed by atoms with E-state index in [-0.39, 0.29) is 23.2 Å². The minimum absolute atomic E-state index is 0.0414. The lowest BCUT2D eigenvalue weighted by Gasteiger charge is -2.48. The monoisotopic (exact) mass is 457 g/mol. The fourth-order valence-electron chi connectivity index (χ4n) is 4.94.